The molecule has 0 aromatic carbocycles. The first kappa shape index (κ1) is 26.9. The van der Waals surface area contributed by atoms with Gasteiger partial charge in [0.2, 0.25) is 5.95 Å². The molecule has 4 atom stereocenters. The number of aromatic nitrogens is 4. The maximum atomic E-state index is 11.5. The zero-order valence-corrected chi connectivity index (χ0v) is 24.5. The van der Waals surface area contributed by atoms with E-state index in [0.717, 1.165) is 0 Å². The van der Waals surface area contributed by atoms with Crippen molar-refractivity contribution in [2.75, 3.05) is 12.3 Å². The molecule has 0 spiro atoms. The zero-order chi connectivity index (χ0) is 25.9. The number of rotatable bonds is 5. The average molecular weight is 544 g/mol. The second-order valence-corrected chi connectivity index (χ2v) is 20.0. The molecule has 13 heteroatoms. The van der Waals surface area contributed by atoms with Crippen LogP contribution >= 0.6 is 11.6 Å². The molecule has 4 heterocycles. The van der Waals surface area contributed by atoms with Gasteiger partial charge in [0.1, 0.15) is 23.8 Å². The Morgan fingerprint density at radius 3 is 2.20 bits per heavy atom. The van der Waals surface area contributed by atoms with Gasteiger partial charge in [0.15, 0.2) is 17.0 Å². The van der Waals surface area contributed by atoms with Crippen molar-refractivity contribution in [1.82, 2.24) is 19.5 Å². The SMILES string of the molecule is CC(C)[Si]1(C(C)C)OC[C@@H]2O[C@@H](n3cnc4c(Cl)nc(N)nc43)[C@H](O)[C@@H]2O[Si](C(C)C)(C(C)C)O1. The Morgan fingerprint density at radius 2 is 1.63 bits per heavy atom. The Kier molecular flexibility index (Phi) is 7.41. The number of nitrogens with zero attached hydrogens (tertiary/aromatic N) is 4. The number of hydrogen-bond donors (Lipinski definition) is 2. The molecule has 0 saturated carbocycles. The van der Waals surface area contributed by atoms with Gasteiger partial charge >= 0.3 is 17.1 Å². The first-order valence-corrected chi connectivity index (χ1v) is 16.7. The van der Waals surface area contributed by atoms with E-state index in [-0.39, 0.29) is 39.9 Å². The van der Waals surface area contributed by atoms with Crippen LogP contribution in [0, 0.1) is 0 Å². The average Bonchev–Trinajstić information content (AvgIpc) is 3.28. The van der Waals surface area contributed by atoms with Crippen LogP contribution in [0.1, 0.15) is 61.6 Å². The second-order valence-electron chi connectivity index (χ2n) is 10.8. The van der Waals surface area contributed by atoms with Gasteiger partial charge in [0.25, 0.3) is 0 Å². The summed E-state index contributed by atoms with van der Waals surface area (Å²) in [5.41, 5.74) is 7.32. The summed E-state index contributed by atoms with van der Waals surface area (Å²) >= 11 is 6.22. The van der Waals surface area contributed by atoms with Gasteiger partial charge in [-0.2, -0.15) is 9.97 Å². The van der Waals surface area contributed by atoms with Crippen LogP contribution in [0.15, 0.2) is 6.33 Å². The molecule has 0 aliphatic carbocycles. The Balaban J connectivity index is 1.78. The molecule has 10 nitrogen and oxygen atoms in total. The standard InChI is InChI=1S/C22H38ClN5O5Si2/c1-11(2)34(12(3)4)30-9-15-18(32-35(33-34,13(5)6)14(7)8)17(29)21(31-15)28-10-25-16-19(23)26-22(24)27-20(16)28/h10-15,17-18,21,29H,9H2,1-8H3,(H2,24,26,27)/t15-,17+,18+,21+/m0/s1. The van der Waals surface area contributed by atoms with Crippen LogP contribution < -0.4 is 5.73 Å². The van der Waals surface area contributed by atoms with Crippen LogP contribution in [0.5, 0.6) is 0 Å². The predicted molar refractivity (Wildman–Crippen MR) is 138 cm³/mol. The van der Waals surface area contributed by atoms with Gasteiger partial charge in [-0.15, -0.1) is 0 Å². The first-order valence-electron chi connectivity index (χ1n) is 12.3. The van der Waals surface area contributed by atoms with Crippen molar-refractivity contribution in [3.05, 3.63) is 11.5 Å². The highest BCUT2D eigenvalue weighted by molar-refractivity contribution is 6.84. The molecule has 2 saturated heterocycles. The number of imidazole rings is 1. The van der Waals surface area contributed by atoms with Crippen molar-refractivity contribution in [2.45, 2.75) is 102 Å². The number of hydrogen-bond acceptors (Lipinski definition) is 9. The molecule has 0 bridgehead atoms. The van der Waals surface area contributed by atoms with Crippen molar-refractivity contribution in [3.8, 4) is 0 Å². The number of halogens is 1. The topological polar surface area (TPSA) is 127 Å². The monoisotopic (exact) mass is 543 g/mol. The number of nitrogens with two attached hydrogens (primary N) is 1. The van der Waals surface area contributed by atoms with Crippen LogP contribution in [0.25, 0.3) is 11.2 Å². The van der Waals surface area contributed by atoms with Gasteiger partial charge in [0, 0.05) is 0 Å². The van der Waals surface area contributed by atoms with E-state index in [9.17, 15) is 5.11 Å². The van der Waals surface area contributed by atoms with Crippen molar-refractivity contribution < 1.29 is 22.8 Å². The van der Waals surface area contributed by atoms with Crippen LogP contribution in [0.3, 0.4) is 0 Å². The summed E-state index contributed by atoms with van der Waals surface area (Å²) in [7, 11) is -5.60. The van der Waals surface area contributed by atoms with Crippen molar-refractivity contribution in [1.29, 1.82) is 0 Å². The summed E-state index contributed by atoms with van der Waals surface area (Å²) in [5, 5.41) is 11.7. The minimum Gasteiger partial charge on any atom is -0.414 e. The molecule has 3 N–H and O–H groups in total. The van der Waals surface area contributed by atoms with Crippen LogP contribution in [0.4, 0.5) is 5.95 Å². The van der Waals surface area contributed by atoms with Gasteiger partial charge in [-0.05, 0) is 22.2 Å². The Labute approximate surface area is 214 Å². The summed E-state index contributed by atoms with van der Waals surface area (Å²) in [6.07, 6.45) is -1.39. The fraction of sp³-hybridized carbons (Fsp3) is 0.773. The molecule has 2 aliphatic heterocycles. The fourth-order valence-corrected chi connectivity index (χ4v) is 16.9. The Morgan fingerprint density at radius 1 is 1.03 bits per heavy atom. The summed E-state index contributed by atoms with van der Waals surface area (Å²) in [6.45, 7) is 17.5. The van der Waals surface area contributed by atoms with E-state index < -0.39 is 41.7 Å². The lowest BCUT2D eigenvalue weighted by molar-refractivity contribution is -0.0570. The van der Waals surface area contributed by atoms with E-state index in [1.165, 1.54) is 6.33 Å². The molecule has 0 amide bonds. The third-order valence-corrected chi connectivity index (χ3v) is 17.8. The molecule has 4 rings (SSSR count). The highest BCUT2D eigenvalue weighted by Gasteiger charge is 2.61. The molecule has 196 valence electrons. The Hall–Kier alpha value is -1.13. The van der Waals surface area contributed by atoms with Crippen LogP contribution in [-0.4, -0.2) is 66.7 Å². The highest BCUT2D eigenvalue weighted by atomic mass is 35.5. The fourth-order valence-electron chi connectivity index (χ4n) is 5.45. The van der Waals surface area contributed by atoms with E-state index >= 15 is 0 Å². The van der Waals surface area contributed by atoms with E-state index in [1.54, 1.807) is 4.57 Å². The molecule has 2 aliphatic rings. The molecular formula is C22H38ClN5O5Si2. The number of ether oxygens (including phenoxy) is 1. The molecule has 0 unspecified atom stereocenters. The third-order valence-electron chi connectivity index (χ3n) is 7.31. The zero-order valence-electron chi connectivity index (χ0n) is 21.7. The maximum Gasteiger partial charge on any atom is 0.335 e. The summed E-state index contributed by atoms with van der Waals surface area (Å²) in [5.74, 6) is 0.0198. The lowest BCUT2D eigenvalue weighted by Gasteiger charge is -2.51. The Bertz CT molecular complexity index is 1050. The van der Waals surface area contributed by atoms with Crippen molar-refractivity contribution >= 4 is 45.8 Å². The lowest BCUT2D eigenvalue weighted by atomic mass is 10.1. The lowest BCUT2D eigenvalue weighted by Crippen LogP contribution is -2.65. The first-order chi connectivity index (χ1) is 16.3. The maximum absolute atomic E-state index is 11.5. The minimum absolute atomic E-state index is 0.0198. The van der Waals surface area contributed by atoms with Crippen LogP contribution in [0.2, 0.25) is 27.3 Å². The second kappa shape index (κ2) is 9.64. The quantitative estimate of drug-likeness (QED) is 0.419. The molecule has 0 radical (unpaired) electrons. The summed E-state index contributed by atoms with van der Waals surface area (Å²) in [4.78, 5) is 12.6. The van der Waals surface area contributed by atoms with E-state index in [0.29, 0.717) is 11.2 Å². The molecule has 2 aromatic rings. The number of nitrogen functional groups attached to an aromatic ring is 1. The third kappa shape index (κ3) is 4.35. The van der Waals surface area contributed by atoms with Gasteiger partial charge < -0.3 is 28.5 Å². The van der Waals surface area contributed by atoms with Crippen LogP contribution in [-0.2, 0) is 17.7 Å². The highest BCUT2D eigenvalue weighted by Crippen LogP contribution is 2.48. The molecule has 35 heavy (non-hydrogen) atoms. The van der Waals surface area contributed by atoms with E-state index in [4.69, 9.17) is 35.0 Å². The van der Waals surface area contributed by atoms with Gasteiger partial charge in [-0.3, -0.25) is 4.57 Å². The number of fused-ring (bicyclic) bond motifs is 2. The molecule has 2 aromatic heterocycles. The molecular weight excluding hydrogens is 506 g/mol. The number of aliphatic hydroxyl groups excluding tert-OH is 1. The van der Waals surface area contributed by atoms with Crippen molar-refractivity contribution in [2.24, 2.45) is 0 Å². The van der Waals surface area contributed by atoms with E-state index in [2.05, 4.69) is 70.3 Å². The van der Waals surface area contributed by atoms with Crippen molar-refractivity contribution in [3.63, 3.8) is 0 Å². The van der Waals surface area contributed by atoms with Gasteiger partial charge in [0.05, 0.1) is 12.9 Å². The van der Waals surface area contributed by atoms with Gasteiger partial charge in [-0.1, -0.05) is 67.0 Å². The predicted octanol–water partition coefficient (Wildman–Crippen LogP) is 4.28. The van der Waals surface area contributed by atoms with E-state index in [1.807, 2.05) is 0 Å². The summed E-state index contributed by atoms with van der Waals surface area (Å²) < 4.78 is 29.0. The summed E-state index contributed by atoms with van der Waals surface area (Å²) in [6, 6.07) is 0. The van der Waals surface area contributed by atoms with Gasteiger partial charge in [-0.25, -0.2) is 4.98 Å². The minimum atomic E-state index is -2.89. The number of aliphatic hydroxyl groups is 1. The molecule has 2 fully saturated rings. The largest absolute Gasteiger partial charge is 0.414 e. The normalized spacial score (nSPS) is 28.7. The smallest absolute Gasteiger partial charge is 0.335 e. The number of anilines is 1.